The average molecular weight is 384 g/mol. The highest BCUT2D eigenvalue weighted by molar-refractivity contribution is 5.94. The molecule has 0 saturated carbocycles. The molecule has 6 heteroatoms. The van der Waals surface area contributed by atoms with Crippen LogP contribution in [0.4, 0.5) is 4.39 Å². The summed E-state index contributed by atoms with van der Waals surface area (Å²) in [5.41, 5.74) is 2.76. The van der Waals surface area contributed by atoms with E-state index >= 15 is 0 Å². The number of amides is 1. The standard InChI is InChI=1S/C22H25FN2O3/c1-3-15-4-6-16(7-5-15)13-25-14-19(12-20(25)22(27)28-2)24-21(26)17-8-10-18(23)11-9-17/h4-11,19-20H,3,12-14H2,1-2H3,(H,24,26)/t19-,20+/m1/s1. The normalized spacial score (nSPS) is 19.4. The zero-order valence-electron chi connectivity index (χ0n) is 16.2. The zero-order chi connectivity index (χ0) is 20.1. The molecule has 1 heterocycles. The van der Waals surface area contributed by atoms with Crippen molar-refractivity contribution in [3.8, 4) is 0 Å². The van der Waals surface area contributed by atoms with Gasteiger partial charge in [0.25, 0.3) is 5.91 Å². The van der Waals surface area contributed by atoms with E-state index in [2.05, 4.69) is 36.5 Å². The first-order valence-electron chi connectivity index (χ1n) is 9.46. The molecule has 0 aliphatic carbocycles. The fourth-order valence-corrected chi connectivity index (χ4v) is 3.55. The van der Waals surface area contributed by atoms with Crippen LogP contribution >= 0.6 is 0 Å². The van der Waals surface area contributed by atoms with Crippen LogP contribution < -0.4 is 5.32 Å². The maximum absolute atomic E-state index is 13.1. The van der Waals surface area contributed by atoms with Crippen LogP contribution in [-0.4, -0.2) is 42.5 Å². The number of likely N-dealkylation sites (tertiary alicyclic amines) is 1. The second-order valence-corrected chi connectivity index (χ2v) is 7.05. The molecule has 3 rings (SSSR count). The van der Waals surface area contributed by atoms with Gasteiger partial charge in [0.2, 0.25) is 0 Å². The van der Waals surface area contributed by atoms with Crippen molar-refractivity contribution in [3.05, 3.63) is 71.0 Å². The number of carbonyl (C=O) groups is 2. The van der Waals surface area contributed by atoms with Crippen LogP contribution in [-0.2, 0) is 22.5 Å². The third kappa shape index (κ3) is 4.75. The van der Waals surface area contributed by atoms with E-state index in [1.165, 1.54) is 36.9 Å². The van der Waals surface area contributed by atoms with Gasteiger partial charge < -0.3 is 10.1 Å². The zero-order valence-corrected chi connectivity index (χ0v) is 16.2. The molecule has 2 atom stereocenters. The molecule has 2 aromatic carbocycles. The number of hydrogen-bond acceptors (Lipinski definition) is 4. The van der Waals surface area contributed by atoms with E-state index in [0.29, 0.717) is 25.1 Å². The van der Waals surface area contributed by atoms with Crippen LogP contribution in [0.5, 0.6) is 0 Å². The molecule has 0 bridgehead atoms. The number of ether oxygens (including phenoxy) is 1. The smallest absolute Gasteiger partial charge is 0.323 e. The quantitative estimate of drug-likeness (QED) is 0.778. The predicted octanol–water partition coefficient (Wildman–Crippen LogP) is 2.93. The number of esters is 1. The summed E-state index contributed by atoms with van der Waals surface area (Å²) in [5.74, 6) is -0.963. The molecule has 28 heavy (non-hydrogen) atoms. The van der Waals surface area contributed by atoms with Gasteiger partial charge in [-0.3, -0.25) is 14.5 Å². The number of aryl methyl sites for hydroxylation is 1. The lowest BCUT2D eigenvalue weighted by molar-refractivity contribution is -0.146. The summed E-state index contributed by atoms with van der Waals surface area (Å²) in [4.78, 5) is 26.7. The molecule has 1 N–H and O–H groups in total. The summed E-state index contributed by atoms with van der Waals surface area (Å²) in [5, 5.41) is 2.95. The van der Waals surface area contributed by atoms with Crippen molar-refractivity contribution in [2.24, 2.45) is 0 Å². The topological polar surface area (TPSA) is 58.6 Å². The van der Waals surface area contributed by atoms with E-state index in [4.69, 9.17) is 4.74 Å². The maximum Gasteiger partial charge on any atom is 0.323 e. The van der Waals surface area contributed by atoms with Crippen molar-refractivity contribution in [2.75, 3.05) is 13.7 Å². The highest BCUT2D eigenvalue weighted by Gasteiger charge is 2.38. The molecule has 5 nitrogen and oxygen atoms in total. The minimum Gasteiger partial charge on any atom is -0.468 e. The van der Waals surface area contributed by atoms with Crippen LogP contribution in [0.2, 0.25) is 0 Å². The molecule has 0 spiro atoms. The fourth-order valence-electron chi connectivity index (χ4n) is 3.55. The summed E-state index contributed by atoms with van der Waals surface area (Å²) >= 11 is 0. The summed E-state index contributed by atoms with van der Waals surface area (Å²) < 4.78 is 18.0. The molecule has 0 radical (unpaired) electrons. The van der Waals surface area contributed by atoms with E-state index in [-0.39, 0.29) is 23.7 Å². The first kappa shape index (κ1) is 20.0. The van der Waals surface area contributed by atoms with Gasteiger partial charge in [0.05, 0.1) is 7.11 Å². The van der Waals surface area contributed by atoms with Gasteiger partial charge in [-0.05, 0) is 48.2 Å². The molecule has 2 aromatic rings. The van der Waals surface area contributed by atoms with Gasteiger partial charge >= 0.3 is 5.97 Å². The Bertz CT molecular complexity index is 821. The second kappa shape index (κ2) is 8.97. The molecule has 1 aliphatic heterocycles. The summed E-state index contributed by atoms with van der Waals surface area (Å²) in [7, 11) is 1.38. The van der Waals surface area contributed by atoms with Crippen LogP contribution in [0.3, 0.4) is 0 Å². The lowest BCUT2D eigenvalue weighted by atomic mass is 10.1. The SMILES string of the molecule is CCc1ccc(CN2C[C@H](NC(=O)c3ccc(F)cc3)C[C@H]2C(=O)OC)cc1. The molecule has 0 unspecified atom stereocenters. The molecular formula is C22H25FN2O3. The van der Waals surface area contributed by atoms with Crippen LogP contribution in [0, 0.1) is 5.82 Å². The van der Waals surface area contributed by atoms with Crippen LogP contribution in [0.15, 0.2) is 48.5 Å². The van der Waals surface area contributed by atoms with Crippen molar-refractivity contribution in [2.45, 2.75) is 38.4 Å². The lowest BCUT2D eigenvalue weighted by Crippen LogP contribution is -2.37. The number of methoxy groups -OCH3 is 1. The number of nitrogens with zero attached hydrogens (tertiary/aromatic N) is 1. The lowest BCUT2D eigenvalue weighted by Gasteiger charge is -2.22. The van der Waals surface area contributed by atoms with Gasteiger partial charge in [0.1, 0.15) is 11.9 Å². The number of carbonyl (C=O) groups excluding carboxylic acids is 2. The summed E-state index contributed by atoms with van der Waals surface area (Å²) in [6, 6.07) is 13.1. The molecule has 1 aliphatic rings. The first-order chi connectivity index (χ1) is 13.5. The third-order valence-corrected chi connectivity index (χ3v) is 5.14. The van der Waals surface area contributed by atoms with E-state index in [1.54, 1.807) is 0 Å². The number of rotatable bonds is 6. The Labute approximate surface area is 164 Å². The Morgan fingerprint density at radius 1 is 1.11 bits per heavy atom. The molecule has 0 aromatic heterocycles. The summed E-state index contributed by atoms with van der Waals surface area (Å²) in [6.45, 7) is 3.26. The van der Waals surface area contributed by atoms with E-state index < -0.39 is 6.04 Å². The van der Waals surface area contributed by atoms with Crippen molar-refractivity contribution in [1.82, 2.24) is 10.2 Å². The second-order valence-electron chi connectivity index (χ2n) is 7.05. The highest BCUT2D eigenvalue weighted by Crippen LogP contribution is 2.22. The number of halogens is 1. The third-order valence-electron chi connectivity index (χ3n) is 5.14. The monoisotopic (exact) mass is 384 g/mol. The van der Waals surface area contributed by atoms with E-state index in [0.717, 1.165) is 12.0 Å². The fraction of sp³-hybridized carbons (Fsp3) is 0.364. The minimum absolute atomic E-state index is 0.184. The largest absolute Gasteiger partial charge is 0.468 e. The van der Waals surface area contributed by atoms with Crippen LogP contribution in [0.1, 0.15) is 34.8 Å². The number of benzene rings is 2. The highest BCUT2D eigenvalue weighted by atomic mass is 19.1. The Morgan fingerprint density at radius 3 is 2.36 bits per heavy atom. The van der Waals surface area contributed by atoms with Gasteiger partial charge in [-0.25, -0.2) is 4.39 Å². The van der Waals surface area contributed by atoms with Gasteiger partial charge in [0.15, 0.2) is 0 Å². The Morgan fingerprint density at radius 2 is 1.75 bits per heavy atom. The first-order valence-corrected chi connectivity index (χ1v) is 9.46. The van der Waals surface area contributed by atoms with Gasteiger partial charge in [-0.1, -0.05) is 31.2 Å². The Balaban J connectivity index is 1.68. The number of hydrogen-bond donors (Lipinski definition) is 1. The molecule has 1 amide bonds. The van der Waals surface area contributed by atoms with Gasteiger partial charge in [0, 0.05) is 24.7 Å². The van der Waals surface area contributed by atoms with Crippen molar-refractivity contribution < 1.29 is 18.7 Å². The van der Waals surface area contributed by atoms with E-state index in [9.17, 15) is 14.0 Å². The average Bonchev–Trinajstić information content (AvgIpc) is 3.10. The van der Waals surface area contributed by atoms with Crippen LogP contribution in [0.25, 0.3) is 0 Å². The van der Waals surface area contributed by atoms with Crippen molar-refractivity contribution in [1.29, 1.82) is 0 Å². The van der Waals surface area contributed by atoms with E-state index in [1.807, 2.05) is 4.90 Å². The van der Waals surface area contributed by atoms with Gasteiger partial charge in [-0.15, -0.1) is 0 Å². The number of nitrogens with one attached hydrogen (secondary N) is 1. The predicted molar refractivity (Wildman–Crippen MR) is 104 cm³/mol. The Kier molecular flexibility index (Phi) is 6.41. The van der Waals surface area contributed by atoms with Crippen molar-refractivity contribution >= 4 is 11.9 Å². The summed E-state index contributed by atoms with van der Waals surface area (Å²) in [6.07, 6.45) is 1.46. The molecular weight excluding hydrogens is 359 g/mol. The molecule has 1 fully saturated rings. The molecule has 1 saturated heterocycles. The molecule has 148 valence electrons. The minimum atomic E-state index is -0.408. The van der Waals surface area contributed by atoms with Crippen molar-refractivity contribution in [3.63, 3.8) is 0 Å². The van der Waals surface area contributed by atoms with Gasteiger partial charge in [-0.2, -0.15) is 0 Å². The Hall–Kier alpha value is -2.73. The maximum atomic E-state index is 13.1.